The van der Waals surface area contributed by atoms with Gasteiger partial charge in [-0.15, -0.1) is 0 Å². The van der Waals surface area contributed by atoms with Crippen LogP contribution in [0.2, 0.25) is 0 Å². The van der Waals surface area contributed by atoms with Gasteiger partial charge in [0.15, 0.2) is 0 Å². The van der Waals surface area contributed by atoms with Crippen molar-refractivity contribution in [1.29, 1.82) is 0 Å². The van der Waals surface area contributed by atoms with Gasteiger partial charge in [0.05, 0.1) is 12.5 Å². The molecule has 0 aromatic carbocycles. The topological polar surface area (TPSA) is 29.5 Å². The van der Waals surface area contributed by atoms with Gasteiger partial charge in [0.25, 0.3) is 0 Å². The summed E-state index contributed by atoms with van der Waals surface area (Å²) < 4.78 is 5.53. The van der Waals surface area contributed by atoms with Crippen LogP contribution in [0.15, 0.2) is 0 Å². The molecular weight excluding hydrogens is 202 g/mol. The van der Waals surface area contributed by atoms with Crippen molar-refractivity contribution in [1.82, 2.24) is 4.90 Å². The predicted octanol–water partition coefficient (Wildman–Crippen LogP) is 2.20. The van der Waals surface area contributed by atoms with Gasteiger partial charge in [0, 0.05) is 19.2 Å². The molecule has 1 aliphatic carbocycles. The summed E-state index contributed by atoms with van der Waals surface area (Å²) in [5.41, 5.74) is 0. The molecular formula is C13H23NO2. The molecule has 2 rings (SSSR count). The minimum atomic E-state index is 0.195. The van der Waals surface area contributed by atoms with Crippen molar-refractivity contribution < 1.29 is 9.53 Å². The van der Waals surface area contributed by atoms with Crippen molar-refractivity contribution >= 4 is 5.91 Å². The highest BCUT2D eigenvalue weighted by molar-refractivity contribution is 5.77. The van der Waals surface area contributed by atoms with Crippen LogP contribution in [0.1, 0.15) is 46.0 Å². The lowest BCUT2D eigenvalue weighted by Crippen LogP contribution is -2.37. The monoisotopic (exact) mass is 225 g/mol. The second-order valence-electron chi connectivity index (χ2n) is 5.51. The summed E-state index contributed by atoms with van der Waals surface area (Å²) in [6, 6.07) is 0.538. The SMILES string of the molecule is CC(C)CN(C(=O)CC1CCCO1)C1CC1. The van der Waals surface area contributed by atoms with E-state index >= 15 is 0 Å². The van der Waals surface area contributed by atoms with Crippen LogP contribution in [-0.2, 0) is 9.53 Å². The van der Waals surface area contributed by atoms with Crippen LogP contribution in [0.25, 0.3) is 0 Å². The number of rotatable bonds is 5. The Morgan fingerprint density at radius 1 is 1.38 bits per heavy atom. The zero-order chi connectivity index (χ0) is 11.5. The average molecular weight is 225 g/mol. The van der Waals surface area contributed by atoms with E-state index in [-0.39, 0.29) is 6.10 Å². The van der Waals surface area contributed by atoms with E-state index in [1.165, 1.54) is 12.8 Å². The Kier molecular flexibility index (Phi) is 3.85. The van der Waals surface area contributed by atoms with Crippen molar-refractivity contribution in [3.8, 4) is 0 Å². The maximum absolute atomic E-state index is 12.2. The van der Waals surface area contributed by atoms with Crippen molar-refractivity contribution in [3.05, 3.63) is 0 Å². The molecule has 1 saturated carbocycles. The fraction of sp³-hybridized carbons (Fsp3) is 0.923. The zero-order valence-corrected chi connectivity index (χ0v) is 10.4. The van der Waals surface area contributed by atoms with Gasteiger partial charge in [0.1, 0.15) is 0 Å². The molecule has 3 nitrogen and oxygen atoms in total. The van der Waals surface area contributed by atoms with Gasteiger partial charge in [-0.3, -0.25) is 4.79 Å². The van der Waals surface area contributed by atoms with E-state index in [1.54, 1.807) is 0 Å². The van der Waals surface area contributed by atoms with Gasteiger partial charge >= 0.3 is 0 Å². The van der Waals surface area contributed by atoms with Crippen LogP contribution >= 0.6 is 0 Å². The quantitative estimate of drug-likeness (QED) is 0.718. The van der Waals surface area contributed by atoms with Gasteiger partial charge < -0.3 is 9.64 Å². The fourth-order valence-electron chi connectivity index (χ4n) is 2.35. The Bertz CT molecular complexity index is 242. The summed E-state index contributed by atoms with van der Waals surface area (Å²) in [6.07, 6.45) is 5.37. The highest BCUT2D eigenvalue weighted by Crippen LogP contribution is 2.29. The van der Waals surface area contributed by atoms with Crippen LogP contribution in [0.4, 0.5) is 0 Å². The Labute approximate surface area is 98.1 Å². The predicted molar refractivity (Wildman–Crippen MR) is 63.2 cm³/mol. The molecule has 1 aliphatic heterocycles. The number of hydrogen-bond acceptors (Lipinski definition) is 2. The first-order chi connectivity index (χ1) is 7.66. The fourth-order valence-corrected chi connectivity index (χ4v) is 2.35. The van der Waals surface area contributed by atoms with Crippen molar-refractivity contribution in [2.45, 2.75) is 58.1 Å². The van der Waals surface area contributed by atoms with Crippen LogP contribution in [0.3, 0.4) is 0 Å². The number of hydrogen-bond donors (Lipinski definition) is 0. The lowest BCUT2D eigenvalue weighted by atomic mass is 10.1. The smallest absolute Gasteiger partial charge is 0.225 e. The molecule has 1 amide bonds. The molecule has 0 bridgehead atoms. The van der Waals surface area contributed by atoms with E-state index in [9.17, 15) is 4.79 Å². The summed E-state index contributed by atoms with van der Waals surface area (Å²) in [7, 11) is 0. The summed E-state index contributed by atoms with van der Waals surface area (Å²) >= 11 is 0. The standard InChI is InChI=1S/C13H23NO2/c1-10(2)9-14(11-5-6-11)13(15)8-12-4-3-7-16-12/h10-12H,3-9H2,1-2H3. The Morgan fingerprint density at radius 2 is 2.12 bits per heavy atom. The summed E-state index contributed by atoms with van der Waals surface area (Å²) in [5.74, 6) is 0.872. The van der Waals surface area contributed by atoms with Crippen LogP contribution in [0, 0.1) is 5.92 Å². The Hall–Kier alpha value is -0.570. The zero-order valence-electron chi connectivity index (χ0n) is 10.4. The molecule has 0 spiro atoms. The number of carbonyl (C=O) groups is 1. The molecule has 0 N–H and O–H groups in total. The van der Waals surface area contributed by atoms with Crippen LogP contribution < -0.4 is 0 Å². The van der Waals surface area contributed by atoms with Gasteiger partial charge in [-0.2, -0.15) is 0 Å². The number of ether oxygens (including phenoxy) is 1. The summed E-state index contributed by atoms with van der Waals surface area (Å²) in [4.78, 5) is 14.3. The molecule has 0 aromatic rings. The molecule has 2 fully saturated rings. The van der Waals surface area contributed by atoms with E-state index < -0.39 is 0 Å². The van der Waals surface area contributed by atoms with E-state index in [0.29, 0.717) is 24.3 Å². The first kappa shape index (κ1) is 11.9. The van der Waals surface area contributed by atoms with Crippen LogP contribution in [-0.4, -0.2) is 36.1 Å². The van der Waals surface area contributed by atoms with E-state index in [2.05, 4.69) is 18.7 Å². The molecule has 0 radical (unpaired) electrons. The largest absolute Gasteiger partial charge is 0.378 e. The van der Waals surface area contributed by atoms with Crippen molar-refractivity contribution in [2.24, 2.45) is 5.92 Å². The molecule has 0 aromatic heterocycles. The van der Waals surface area contributed by atoms with Gasteiger partial charge in [-0.25, -0.2) is 0 Å². The molecule has 1 atom stereocenters. The molecule has 16 heavy (non-hydrogen) atoms. The third-order valence-electron chi connectivity index (χ3n) is 3.30. The van der Waals surface area contributed by atoms with Gasteiger partial charge in [-0.05, 0) is 31.6 Å². The third-order valence-corrected chi connectivity index (χ3v) is 3.30. The normalized spacial score (nSPS) is 25.1. The van der Waals surface area contributed by atoms with Gasteiger partial charge in [0.2, 0.25) is 5.91 Å². The number of amides is 1. The lowest BCUT2D eigenvalue weighted by molar-refractivity contribution is -0.134. The highest BCUT2D eigenvalue weighted by atomic mass is 16.5. The molecule has 92 valence electrons. The molecule has 1 heterocycles. The van der Waals surface area contributed by atoms with Gasteiger partial charge in [-0.1, -0.05) is 13.8 Å². The Morgan fingerprint density at radius 3 is 2.62 bits per heavy atom. The first-order valence-corrected chi connectivity index (χ1v) is 6.58. The van der Waals surface area contributed by atoms with E-state index in [4.69, 9.17) is 4.74 Å². The highest BCUT2D eigenvalue weighted by Gasteiger charge is 2.34. The van der Waals surface area contributed by atoms with Crippen LogP contribution in [0.5, 0.6) is 0 Å². The number of carbonyl (C=O) groups excluding carboxylic acids is 1. The Balaban J connectivity index is 1.83. The average Bonchev–Trinajstić information content (AvgIpc) is 2.94. The van der Waals surface area contributed by atoms with Crippen molar-refractivity contribution in [2.75, 3.05) is 13.2 Å². The molecule has 2 aliphatic rings. The minimum absolute atomic E-state index is 0.195. The maximum Gasteiger partial charge on any atom is 0.225 e. The van der Waals surface area contributed by atoms with Crippen molar-refractivity contribution in [3.63, 3.8) is 0 Å². The first-order valence-electron chi connectivity index (χ1n) is 6.58. The second-order valence-corrected chi connectivity index (χ2v) is 5.51. The summed E-state index contributed by atoms with van der Waals surface area (Å²) in [6.45, 7) is 6.10. The minimum Gasteiger partial charge on any atom is -0.378 e. The third kappa shape index (κ3) is 3.21. The summed E-state index contributed by atoms with van der Waals surface area (Å²) in [5, 5.41) is 0. The maximum atomic E-state index is 12.2. The second kappa shape index (κ2) is 5.17. The molecule has 3 heteroatoms. The lowest BCUT2D eigenvalue weighted by Gasteiger charge is -2.25. The molecule has 1 saturated heterocycles. The molecule has 1 unspecified atom stereocenters. The van der Waals surface area contributed by atoms with E-state index in [0.717, 1.165) is 26.0 Å². The number of nitrogens with zero attached hydrogens (tertiary/aromatic N) is 1. The van der Waals surface area contributed by atoms with E-state index in [1.807, 2.05) is 0 Å².